The summed E-state index contributed by atoms with van der Waals surface area (Å²) in [6.07, 6.45) is 0.463. The molecule has 0 heterocycles. The second kappa shape index (κ2) is 8.42. The number of nitrogens with one attached hydrogen (secondary N) is 2. The third-order valence-electron chi connectivity index (χ3n) is 3.17. The molecular formula is C16H24N2O3. The highest BCUT2D eigenvalue weighted by molar-refractivity contribution is 5.88. The van der Waals surface area contributed by atoms with E-state index in [0.717, 1.165) is 5.56 Å². The van der Waals surface area contributed by atoms with Crippen molar-refractivity contribution in [1.82, 2.24) is 5.32 Å². The predicted octanol–water partition coefficient (Wildman–Crippen LogP) is 1.71. The molecular weight excluding hydrogens is 268 g/mol. The minimum Gasteiger partial charge on any atom is -0.393 e. The van der Waals surface area contributed by atoms with Gasteiger partial charge >= 0.3 is 0 Å². The third-order valence-corrected chi connectivity index (χ3v) is 3.17. The van der Waals surface area contributed by atoms with Crippen LogP contribution in [-0.2, 0) is 16.0 Å². The number of anilines is 1. The van der Waals surface area contributed by atoms with Crippen LogP contribution < -0.4 is 10.6 Å². The monoisotopic (exact) mass is 292 g/mol. The number of amides is 2. The molecule has 0 saturated carbocycles. The Labute approximate surface area is 125 Å². The van der Waals surface area contributed by atoms with Crippen LogP contribution >= 0.6 is 0 Å². The molecule has 1 aromatic carbocycles. The average Bonchev–Trinajstić information content (AvgIpc) is 2.40. The minimum atomic E-state index is -0.387. The van der Waals surface area contributed by atoms with E-state index in [1.165, 1.54) is 6.92 Å². The molecule has 0 aromatic heterocycles. The molecule has 3 N–H and O–H groups in total. The lowest BCUT2D eigenvalue weighted by Gasteiger charge is -2.14. The zero-order chi connectivity index (χ0) is 15.8. The van der Waals surface area contributed by atoms with Gasteiger partial charge in [0.05, 0.1) is 12.5 Å². The molecule has 1 unspecified atom stereocenters. The van der Waals surface area contributed by atoms with Crippen LogP contribution in [0, 0.1) is 5.92 Å². The maximum Gasteiger partial charge on any atom is 0.224 e. The first-order valence-electron chi connectivity index (χ1n) is 7.19. The van der Waals surface area contributed by atoms with Crippen molar-refractivity contribution in [2.75, 3.05) is 11.9 Å². The molecule has 0 aliphatic carbocycles. The van der Waals surface area contributed by atoms with E-state index in [9.17, 15) is 14.7 Å². The Morgan fingerprint density at radius 2 is 1.81 bits per heavy atom. The summed E-state index contributed by atoms with van der Waals surface area (Å²) in [7, 11) is 0. The molecule has 0 aliphatic heterocycles. The van der Waals surface area contributed by atoms with E-state index in [-0.39, 0.29) is 30.3 Å². The maximum absolute atomic E-state index is 11.8. The number of rotatable bonds is 7. The number of aliphatic hydroxyl groups is 1. The number of hydrogen-bond donors (Lipinski definition) is 3. The zero-order valence-electron chi connectivity index (χ0n) is 12.8. The summed E-state index contributed by atoms with van der Waals surface area (Å²) >= 11 is 0. The summed E-state index contributed by atoms with van der Waals surface area (Å²) in [5.74, 6) is 0.00524. The Morgan fingerprint density at radius 1 is 1.19 bits per heavy atom. The molecule has 0 radical (unpaired) electrons. The normalized spacial score (nSPS) is 12.0. The van der Waals surface area contributed by atoms with Gasteiger partial charge in [-0.05, 0) is 30.0 Å². The number of benzene rings is 1. The molecule has 1 atom stereocenters. The van der Waals surface area contributed by atoms with Gasteiger partial charge in [0, 0.05) is 19.2 Å². The molecule has 5 nitrogen and oxygen atoms in total. The van der Waals surface area contributed by atoms with Crippen molar-refractivity contribution < 1.29 is 14.7 Å². The number of carbonyl (C=O) groups is 2. The van der Waals surface area contributed by atoms with Crippen molar-refractivity contribution in [3.63, 3.8) is 0 Å². The lowest BCUT2D eigenvalue weighted by atomic mass is 10.0. The fourth-order valence-corrected chi connectivity index (χ4v) is 1.85. The van der Waals surface area contributed by atoms with Crippen LogP contribution in [0.1, 0.15) is 32.8 Å². The summed E-state index contributed by atoms with van der Waals surface area (Å²) in [6, 6.07) is 7.17. The predicted molar refractivity (Wildman–Crippen MR) is 82.9 cm³/mol. The standard InChI is InChI=1S/C16H24N2O3/c1-11(2)15(20)8-9-17-16(21)10-13-4-6-14(7-5-13)18-12(3)19/h4-7,11,15,20H,8-10H2,1-3H3,(H,17,21)(H,18,19). The van der Waals surface area contributed by atoms with Gasteiger partial charge in [-0.1, -0.05) is 26.0 Å². The number of hydrogen-bond acceptors (Lipinski definition) is 3. The topological polar surface area (TPSA) is 78.4 Å². The SMILES string of the molecule is CC(=O)Nc1ccc(CC(=O)NCCC(O)C(C)C)cc1. The highest BCUT2D eigenvalue weighted by atomic mass is 16.3. The maximum atomic E-state index is 11.8. The molecule has 2 amide bonds. The quantitative estimate of drug-likeness (QED) is 0.716. The van der Waals surface area contributed by atoms with Gasteiger partial charge < -0.3 is 15.7 Å². The average molecular weight is 292 g/mol. The van der Waals surface area contributed by atoms with Crippen molar-refractivity contribution >= 4 is 17.5 Å². The zero-order valence-corrected chi connectivity index (χ0v) is 12.8. The first-order chi connectivity index (χ1) is 9.88. The number of aliphatic hydroxyl groups excluding tert-OH is 1. The Morgan fingerprint density at radius 3 is 2.33 bits per heavy atom. The molecule has 0 fully saturated rings. The first-order valence-corrected chi connectivity index (χ1v) is 7.19. The van der Waals surface area contributed by atoms with Crippen molar-refractivity contribution in [1.29, 1.82) is 0 Å². The summed E-state index contributed by atoms with van der Waals surface area (Å²) in [4.78, 5) is 22.7. The van der Waals surface area contributed by atoms with E-state index in [1.807, 2.05) is 26.0 Å². The van der Waals surface area contributed by atoms with E-state index in [4.69, 9.17) is 0 Å². The largest absolute Gasteiger partial charge is 0.393 e. The van der Waals surface area contributed by atoms with E-state index in [0.29, 0.717) is 18.7 Å². The lowest BCUT2D eigenvalue weighted by Crippen LogP contribution is -2.29. The molecule has 0 bridgehead atoms. The lowest BCUT2D eigenvalue weighted by molar-refractivity contribution is -0.120. The fraction of sp³-hybridized carbons (Fsp3) is 0.500. The highest BCUT2D eigenvalue weighted by Gasteiger charge is 2.09. The molecule has 0 saturated heterocycles. The van der Waals surface area contributed by atoms with E-state index < -0.39 is 0 Å². The highest BCUT2D eigenvalue weighted by Crippen LogP contribution is 2.10. The Bertz CT molecular complexity index is 469. The van der Waals surface area contributed by atoms with Crippen molar-refractivity contribution in [3.05, 3.63) is 29.8 Å². The van der Waals surface area contributed by atoms with Gasteiger partial charge in [-0.15, -0.1) is 0 Å². The minimum absolute atomic E-state index is 0.0711. The van der Waals surface area contributed by atoms with Crippen molar-refractivity contribution in [2.24, 2.45) is 5.92 Å². The van der Waals surface area contributed by atoms with Crippen LogP contribution in [0.25, 0.3) is 0 Å². The summed E-state index contributed by atoms with van der Waals surface area (Å²) in [5.41, 5.74) is 1.60. The van der Waals surface area contributed by atoms with Crippen molar-refractivity contribution in [2.45, 2.75) is 39.7 Å². The molecule has 5 heteroatoms. The Hall–Kier alpha value is -1.88. The van der Waals surface area contributed by atoms with Gasteiger partial charge in [0.1, 0.15) is 0 Å². The second-order valence-corrected chi connectivity index (χ2v) is 5.50. The van der Waals surface area contributed by atoms with Crippen molar-refractivity contribution in [3.8, 4) is 0 Å². The van der Waals surface area contributed by atoms with Gasteiger partial charge in [0.25, 0.3) is 0 Å². The third kappa shape index (κ3) is 6.90. The van der Waals surface area contributed by atoms with Crippen LogP contribution in [0.15, 0.2) is 24.3 Å². The smallest absolute Gasteiger partial charge is 0.224 e. The fourth-order valence-electron chi connectivity index (χ4n) is 1.85. The van der Waals surface area contributed by atoms with Gasteiger partial charge in [-0.2, -0.15) is 0 Å². The van der Waals surface area contributed by atoms with E-state index in [2.05, 4.69) is 10.6 Å². The second-order valence-electron chi connectivity index (χ2n) is 5.50. The number of carbonyl (C=O) groups excluding carboxylic acids is 2. The van der Waals surface area contributed by atoms with Crippen LogP contribution in [-0.4, -0.2) is 29.6 Å². The van der Waals surface area contributed by atoms with E-state index >= 15 is 0 Å². The summed E-state index contributed by atoms with van der Waals surface area (Å²) < 4.78 is 0. The van der Waals surface area contributed by atoms with Crippen LogP contribution in [0.3, 0.4) is 0 Å². The molecule has 21 heavy (non-hydrogen) atoms. The van der Waals surface area contributed by atoms with Gasteiger partial charge in [-0.3, -0.25) is 9.59 Å². The first kappa shape index (κ1) is 17.2. The van der Waals surface area contributed by atoms with Gasteiger partial charge in [-0.25, -0.2) is 0 Å². The summed E-state index contributed by atoms with van der Waals surface area (Å²) in [6.45, 7) is 5.82. The molecule has 1 rings (SSSR count). The van der Waals surface area contributed by atoms with Crippen LogP contribution in [0.5, 0.6) is 0 Å². The van der Waals surface area contributed by atoms with Gasteiger partial charge in [0.2, 0.25) is 11.8 Å². The van der Waals surface area contributed by atoms with Crippen LogP contribution in [0.2, 0.25) is 0 Å². The van der Waals surface area contributed by atoms with Crippen LogP contribution in [0.4, 0.5) is 5.69 Å². The van der Waals surface area contributed by atoms with Gasteiger partial charge in [0.15, 0.2) is 0 Å². The molecule has 0 spiro atoms. The summed E-state index contributed by atoms with van der Waals surface area (Å²) in [5, 5.41) is 15.1. The Kier molecular flexibility index (Phi) is 6.88. The van der Waals surface area contributed by atoms with E-state index in [1.54, 1.807) is 12.1 Å². The Balaban J connectivity index is 2.36. The molecule has 1 aromatic rings. The molecule has 116 valence electrons. The molecule has 0 aliphatic rings.